The molecule has 0 radical (unpaired) electrons. The molecule has 0 spiro atoms. The maximum atomic E-state index is 11.3. The molecular formula is C12H12N4OS. The van der Waals surface area contributed by atoms with Gasteiger partial charge in [-0.3, -0.25) is 4.79 Å². The van der Waals surface area contributed by atoms with Crippen molar-refractivity contribution in [3.05, 3.63) is 40.6 Å². The molecule has 5 nitrogen and oxygen atoms in total. The van der Waals surface area contributed by atoms with Crippen LogP contribution in [0.2, 0.25) is 0 Å². The fourth-order valence-electron chi connectivity index (χ4n) is 1.93. The summed E-state index contributed by atoms with van der Waals surface area (Å²) in [5.41, 5.74) is 3.68. The largest absolute Gasteiger partial charge is 0.333 e. The number of hydrazone groups is 1. The van der Waals surface area contributed by atoms with E-state index in [1.807, 2.05) is 10.8 Å². The summed E-state index contributed by atoms with van der Waals surface area (Å²) in [4.78, 5) is 16.5. The predicted octanol–water partition coefficient (Wildman–Crippen LogP) is 1.58. The van der Waals surface area contributed by atoms with Gasteiger partial charge in [-0.25, -0.2) is 10.4 Å². The van der Waals surface area contributed by atoms with Gasteiger partial charge in [0.05, 0.1) is 6.33 Å². The van der Waals surface area contributed by atoms with E-state index in [9.17, 15) is 4.79 Å². The normalized spacial score (nSPS) is 18.9. The molecule has 1 aliphatic heterocycles. The zero-order valence-electron chi connectivity index (χ0n) is 9.61. The Balaban J connectivity index is 1.75. The highest BCUT2D eigenvalue weighted by Gasteiger charge is 2.19. The van der Waals surface area contributed by atoms with E-state index in [0.29, 0.717) is 6.42 Å². The van der Waals surface area contributed by atoms with Crippen LogP contribution in [0.1, 0.15) is 22.8 Å². The van der Waals surface area contributed by atoms with Crippen molar-refractivity contribution < 1.29 is 4.79 Å². The summed E-state index contributed by atoms with van der Waals surface area (Å²) in [6.45, 7) is 0.812. The molecule has 0 bridgehead atoms. The summed E-state index contributed by atoms with van der Waals surface area (Å²) >= 11 is 1.67. The van der Waals surface area contributed by atoms with Gasteiger partial charge < -0.3 is 4.57 Å². The van der Waals surface area contributed by atoms with Gasteiger partial charge in [0.15, 0.2) is 0 Å². The average molecular weight is 260 g/mol. The Bertz CT molecular complexity index is 573. The van der Waals surface area contributed by atoms with E-state index in [1.165, 1.54) is 10.4 Å². The summed E-state index contributed by atoms with van der Waals surface area (Å²) < 4.78 is 2.02. The summed E-state index contributed by atoms with van der Waals surface area (Å²) in [6, 6.07) is 2.14. The molecule has 0 saturated carbocycles. The highest BCUT2D eigenvalue weighted by Crippen LogP contribution is 2.27. The van der Waals surface area contributed by atoms with Gasteiger partial charge in [0, 0.05) is 42.4 Å². The first-order valence-corrected chi connectivity index (χ1v) is 6.54. The molecule has 3 rings (SSSR count). The van der Waals surface area contributed by atoms with Gasteiger partial charge in [0.25, 0.3) is 0 Å². The summed E-state index contributed by atoms with van der Waals surface area (Å²) in [5.74, 6) is 0.0901. The first kappa shape index (κ1) is 11.2. The first-order chi connectivity index (χ1) is 8.81. The van der Waals surface area contributed by atoms with Crippen molar-refractivity contribution >= 4 is 23.5 Å². The van der Waals surface area contributed by atoms with E-state index in [4.69, 9.17) is 0 Å². The van der Waals surface area contributed by atoms with Crippen LogP contribution < -0.4 is 5.43 Å². The number of thiophene rings is 1. The van der Waals surface area contributed by atoms with Crippen LogP contribution in [0.3, 0.4) is 0 Å². The van der Waals surface area contributed by atoms with E-state index in [-0.39, 0.29) is 11.8 Å². The van der Waals surface area contributed by atoms with Crippen LogP contribution in [-0.2, 0) is 11.3 Å². The Labute approximate surface area is 108 Å². The fourth-order valence-corrected chi connectivity index (χ4v) is 2.90. The smallest absolute Gasteiger partial charge is 0.241 e. The molecule has 0 fully saturated rings. The van der Waals surface area contributed by atoms with Crippen LogP contribution in [0.4, 0.5) is 0 Å². The lowest BCUT2D eigenvalue weighted by molar-refractivity contribution is -0.121. The van der Waals surface area contributed by atoms with Crippen molar-refractivity contribution in [1.82, 2.24) is 15.0 Å². The van der Waals surface area contributed by atoms with Crippen LogP contribution in [-0.4, -0.2) is 21.7 Å². The molecule has 92 valence electrons. The van der Waals surface area contributed by atoms with Crippen LogP contribution in [0, 0.1) is 0 Å². The Morgan fingerprint density at radius 2 is 2.50 bits per heavy atom. The second-order valence-electron chi connectivity index (χ2n) is 4.22. The minimum absolute atomic E-state index is 0.0212. The van der Waals surface area contributed by atoms with Crippen molar-refractivity contribution in [2.45, 2.75) is 18.9 Å². The van der Waals surface area contributed by atoms with Gasteiger partial charge in [0.2, 0.25) is 5.91 Å². The molecule has 1 atom stereocenters. The minimum Gasteiger partial charge on any atom is -0.333 e. The molecule has 0 aromatic carbocycles. The molecule has 3 heterocycles. The second-order valence-corrected chi connectivity index (χ2v) is 5.16. The zero-order valence-corrected chi connectivity index (χ0v) is 10.4. The van der Waals surface area contributed by atoms with Crippen molar-refractivity contribution in [3.8, 4) is 0 Å². The summed E-state index contributed by atoms with van der Waals surface area (Å²) in [6.07, 6.45) is 7.79. The summed E-state index contributed by atoms with van der Waals surface area (Å²) in [5, 5.41) is 5.99. The van der Waals surface area contributed by atoms with Gasteiger partial charge in [-0.05, 0) is 17.0 Å². The number of rotatable bonds is 3. The quantitative estimate of drug-likeness (QED) is 0.911. The number of imidazole rings is 1. The maximum Gasteiger partial charge on any atom is 0.241 e. The van der Waals surface area contributed by atoms with Gasteiger partial charge in [-0.2, -0.15) is 5.10 Å². The van der Waals surface area contributed by atoms with Crippen LogP contribution in [0.5, 0.6) is 0 Å². The molecule has 1 unspecified atom stereocenters. The zero-order chi connectivity index (χ0) is 12.4. The van der Waals surface area contributed by atoms with E-state index in [1.54, 1.807) is 30.1 Å². The molecule has 1 N–H and O–H groups in total. The Morgan fingerprint density at radius 3 is 3.28 bits per heavy atom. The van der Waals surface area contributed by atoms with Gasteiger partial charge in [-0.15, -0.1) is 11.3 Å². The predicted molar refractivity (Wildman–Crippen MR) is 69.6 cm³/mol. The highest BCUT2D eigenvalue weighted by atomic mass is 32.1. The van der Waals surface area contributed by atoms with Gasteiger partial charge in [0.1, 0.15) is 0 Å². The molecule has 1 aliphatic rings. The molecule has 2 aromatic rings. The van der Waals surface area contributed by atoms with E-state index in [0.717, 1.165) is 6.54 Å². The third-order valence-corrected chi connectivity index (χ3v) is 3.93. The van der Waals surface area contributed by atoms with Crippen molar-refractivity contribution in [2.24, 2.45) is 5.10 Å². The lowest BCUT2D eigenvalue weighted by Crippen LogP contribution is -2.25. The third kappa shape index (κ3) is 2.33. The maximum absolute atomic E-state index is 11.3. The van der Waals surface area contributed by atoms with Crippen LogP contribution >= 0.6 is 11.3 Å². The Kier molecular flexibility index (Phi) is 2.93. The molecular weight excluding hydrogens is 248 g/mol. The van der Waals surface area contributed by atoms with Gasteiger partial charge >= 0.3 is 0 Å². The molecule has 0 saturated heterocycles. The molecule has 2 aromatic heterocycles. The van der Waals surface area contributed by atoms with Crippen molar-refractivity contribution in [2.75, 3.05) is 0 Å². The van der Waals surface area contributed by atoms with E-state index < -0.39 is 0 Å². The Hall–Kier alpha value is -1.95. The number of carbonyl (C=O) groups excluding carboxylic acids is 1. The molecule has 1 amide bonds. The Morgan fingerprint density at radius 1 is 1.56 bits per heavy atom. The number of carbonyl (C=O) groups is 1. The van der Waals surface area contributed by atoms with Crippen LogP contribution in [0.25, 0.3) is 0 Å². The monoisotopic (exact) mass is 260 g/mol. The van der Waals surface area contributed by atoms with Gasteiger partial charge in [-0.1, -0.05) is 0 Å². The molecule has 18 heavy (non-hydrogen) atoms. The third-order valence-electron chi connectivity index (χ3n) is 2.81. The number of nitrogens with zero attached hydrogens (tertiary/aromatic N) is 3. The topological polar surface area (TPSA) is 59.3 Å². The molecule has 6 heteroatoms. The van der Waals surface area contributed by atoms with Crippen LogP contribution in [0.15, 0.2) is 35.3 Å². The SMILES string of the molecule is O=C1CC(c2cc(Cn3ccnc3)cs2)C=NN1. The number of amides is 1. The lowest BCUT2D eigenvalue weighted by Gasteiger charge is -2.13. The fraction of sp³-hybridized carbons (Fsp3) is 0.250. The van der Waals surface area contributed by atoms with Crippen molar-refractivity contribution in [1.29, 1.82) is 0 Å². The van der Waals surface area contributed by atoms with E-state index in [2.05, 4.69) is 27.0 Å². The lowest BCUT2D eigenvalue weighted by atomic mass is 10.0. The average Bonchev–Trinajstić information content (AvgIpc) is 3.01. The summed E-state index contributed by atoms with van der Waals surface area (Å²) in [7, 11) is 0. The number of hydrogen-bond donors (Lipinski definition) is 1. The highest BCUT2D eigenvalue weighted by molar-refractivity contribution is 7.10. The van der Waals surface area contributed by atoms with E-state index >= 15 is 0 Å². The van der Waals surface area contributed by atoms with Crippen molar-refractivity contribution in [3.63, 3.8) is 0 Å². The number of hydrogen-bond acceptors (Lipinski definition) is 4. The molecule has 0 aliphatic carbocycles. The standard InChI is InChI=1S/C12H12N4OS/c17-12-4-10(5-14-15-12)11-3-9(7-18-11)6-16-2-1-13-8-16/h1-3,5,7-8,10H,4,6H2,(H,15,17). The number of nitrogens with one attached hydrogen (secondary N) is 1. The minimum atomic E-state index is -0.0212. The second kappa shape index (κ2) is 4.73. The number of aromatic nitrogens is 2. The first-order valence-electron chi connectivity index (χ1n) is 5.66.